The van der Waals surface area contributed by atoms with Crippen molar-refractivity contribution in [3.63, 3.8) is 0 Å². The van der Waals surface area contributed by atoms with Crippen molar-refractivity contribution in [3.05, 3.63) is 41.7 Å². The Hall–Kier alpha value is -2.95. The highest BCUT2D eigenvalue weighted by atomic mass is 32.1. The largest absolute Gasteiger partial charge is 0.378 e. The van der Waals surface area contributed by atoms with E-state index in [1.807, 2.05) is 6.07 Å². The summed E-state index contributed by atoms with van der Waals surface area (Å²) in [5.41, 5.74) is 4.19. The van der Waals surface area contributed by atoms with E-state index in [0.717, 1.165) is 67.0 Å². The lowest BCUT2D eigenvalue weighted by atomic mass is 10.1. The van der Waals surface area contributed by atoms with Crippen molar-refractivity contribution in [3.8, 4) is 10.6 Å². The van der Waals surface area contributed by atoms with Crippen LogP contribution in [0.1, 0.15) is 10.5 Å². The number of aromatic nitrogens is 3. The minimum Gasteiger partial charge on any atom is -0.378 e. The van der Waals surface area contributed by atoms with Gasteiger partial charge in [0.15, 0.2) is 0 Å². The second-order valence-corrected chi connectivity index (χ2v) is 8.24. The molecule has 2 aliphatic heterocycles. The van der Waals surface area contributed by atoms with Gasteiger partial charge in [-0.2, -0.15) is 5.10 Å². The van der Waals surface area contributed by atoms with Gasteiger partial charge in [-0.25, -0.2) is 4.98 Å². The van der Waals surface area contributed by atoms with Crippen LogP contribution in [0.4, 0.5) is 17.1 Å². The lowest BCUT2D eigenvalue weighted by molar-refractivity contribution is 0.102. The van der Waals surface area contributed by atoms with Crippen LogP contribution in [-0.4, -0.2) is 73.7 Å². The molecule has 1 aromatic carbocycles. The van der Waals surface area contributed by atoms with Crippen molar-refractivity contribution in [1.29, 1.82) is 0 Å². The summed E-state index contributed by atoms with van der Waals surface area (Å²) in [6.45, 7) is 6.12. The van der Waals surface area contributed by atoms with Gasteiger partial charge in [0, 0.05) is 49.0 Å². The number of benzene rings is 1. The molecule has 1 amide bonds. The molecule has 0 unspecified atom stereocenters. The summed E-state index contributed by atoms with van der Waals surface area (Å²) in [5, 5.41) is 12.3. The number of morpholine rings is 2. The highest BCUT2D eigenvalue weighted by molar-refractivity contribution is 7.13. The van der Waals surface area contributed by atoms with Gasteiger partial charge in [0.25, 0.3) is 5.91 Å². The Morgan fingerprint density at radius 2 is 1.81 bits per heavy atom. The second-order valence-electron chi connectivity index (χ2n) is 7.38. The molecule has 5 rings (SSSR count). The molecule has 0 radical (unpaired) electrons. The fourth-order valence-electron chi connectivity index (χ4n) is 3.77. The van der Waals surface area contributed by atoms with Gasteiger partial charge < -0.3 is 24.6 Å². The molecule has 0 bridgehead atoms. The zero-order chi connectivity index (χ0) is 21.0. The quantitative estimate of drug-likeness (QED) is 0.629. The molecule has 0 saturated carbocycles. The smallest absolute Gasteiger partial charge is 0.275 e. The van der Waals surface area contributed by atoms with Crippen molar-refractivity contribution in [2.45, 2.75) is 0 Å². The number of carbonyl (C=O) groups excluding carboxylic acids is 1. The topological polar surface area (TPSA) is 95.6 Å². The number of aromatic amines is 1. The van der Waals surface area contributed by atoms with E-state index in [4.69, 9.17) is 9.47 Å². The lowest BCUT2D eigenvalue weighted by Gasteiger charge is -2.33. The number of hydrogen-bond acceptors (Lipinski definition) is 8. The number of H-pyrrole nitrogens is 1. The van der Waals surface area contributed by atoms with Gasteiger partial charge in [0.05, 0.1) is 44.0 Å². The van der Waals surface area contributed by atoms with E-state index in [-0.39, 0.29) is 5.91 Å². The number of ether oxygens (including phenoxy) is 2. The number of amides is 1. The van der Waals surface area contributed by atoms with Crippen molar-refractivity contribution < 1.29 is 14.3 Å². The van der Waals surface area contributed by atoms with E-state index in [2.05, 4.69) is 42.4 Å². The molecule has 2 N–H and O–H groups in total. The number of hydrogen-bond donors (Lipinski definition) is 2. The molecule has 10 heteroatoms. The molecule has 2 fully saturated rings. The molecule has 0 atom stereocenters. The van der Waals surface area contributed by atoms with Crippen LogP contribution in [0.15, 0.2) is 36.0 Å². The predicted octanol–water partition coefficient (Wildman–Crippen LogP) is 2.46. The van der Waals surface area contributed by atoms with Gasteiger partial charge in [-0.1, -0.05) is 0 Å². The van der Waals surface area contributed by atoms with E-state index in [0.29, 0.717) is 18.9 Å². The van der Waals surface area contributed by atoms with Gasteiger partial charge in [0.1, 0.15) is 10.7 Å². The van der Waals surface area contributed by atoms with Crippen LogP contribution in [0.2, 0.25) is 0 Å². The fourth-order valence-corrected chi connectivity index (χ4v) is 4.56. The average Bonchev–Trinajstić information content (AvgIpc) is 3.53. The van der Waals surface area contributed by atoms with Crippen LogP contribution in [0.25, 0.3) is 10.6 Å². The number of thiazole rings is 1. The molecule has 4 heterocycles. The molecule has 9 nitrogen and oxygen atoms in total. The summed E-state index contributed by atoms with van der Waals surface area (Å²) < 4.78 is 11.0. The van der Waals surface area contributed by atoms with Gasteiger partial charge in [-0.15, -0.1) is 11.3 Å². The maximum Gasteiger partial charge on any atom is 0.275 e. The normalized spacial score (nSPS) is 17.0. The molecule has 0 aliphatic carbocycles. The molecule has 31 heavy (non-hydrogen) atoms. The van der Waals surface area contributed by atoms with Gasteiger partial charge >= 0.3 is 0 Å². The Morgan fingerprint density at radius 1 is 1.06 bits per heavy atom. The van der Waals surface area contributed by atoms with Gasteiger partial charge in [-0.05, 0) is 18.2 Å². The number of anilines is 3. The Kier molecular flexibility index (Phi) is 5.83. The van der Waals surface area contributed by atoms with Crippen molar-refractivity contribution in [1.82, 2.24) is 15.2 Å². The summed E-state index contributed by atoms with van der Waals surface area (Å²) in [4.78, 5) is 22.0. The zero-order valence-corrected chi connectivity index (χ0v) is 17.9. The number of carbonyl (C=O) groups is 1. The fraction of sp³-hybridized carbons (Fsp3) is 0.381. The van der Waals surface area contributed by atoms with Gasteiger partial charge in [0.2, 0.25) is 0 Å². The van der Waals surface area contributed by atoms with Crippen molar-refractivity contribution in [2.75, 3.05) is 67.7 Å². The monoisotopic (exact) mass is 440 g/mol. The predicted molar refractivity (Wildman–Crippen MR) is 120 cm³/mol. The molecule has 162 valence electrons. The van der Waals surface area contributed by atoms with E-state index < -0.39 is 0 Å². The summed E-state index contributed by atoms with van der Waals surface area (Å²) >= 11 is 1.42. The van der Waals surface area contributed by atoms with E-state index in [1.54, 1.807) is 17.8 Å². The lowest BCUT2D eigenvalue weighted by Crippen LogP contribution is -2.38. The molecule has 0 spiro atoms. The number of nitrogens with one attached hydrogen (secondary N) is 2. The minimum atomic E-state index is -0.223. The van der Waals surface area contributed by atoms with E-state index >= 15 is 0 Å². The van der Waals surface area contributed by atoms with Crippen molar-refractivity contribution in [2.24, 2.45) is 0 Å². The molecule has 3 aromatic rings. The van der Waals surface area contributed by atoms with Crippen LogP contribution >= 0.6 is 11.3 Å². The maximum atomic E-state index is 13.0. The SMILES string of the molecule is O=C(Nc1ccc(N2CCOCC2)cc1N1CCOCC1)c1csc(-c2cn[nH]c2)n1. The number of nitrogens with zero attached hydrogens (tertiary/aromatic N) is 4. The van der Waals surface area contributed by atoms with Crippen molar-refractivity contribution >= 4 is 34.3 Å². The molecule has 2 saturated heterocycles. The summed E-state index contributed by atoms with van der Waals surface area (Å²) in [7, 11) is 0. The first-order valence-electron chi connectivity index (χ1n) is 10.3. The van der Waals surface area contributed by atoms with Gasteiger partial charge in [-0.3, -0.25) is 9.89 Å². The molecular weight excluding hydrogens is 416 g/mol. The number of rotatable bonds is 5. The summed E-state index contributed by atoms with van der Waals surface area (Å²) in [6, 6.07) is 6.20. The third-order valence-corrected chi connectivity index (χ3v) is 6.33. The van der Waals surface area contributed by atoms with Crippen LogP contribution in [0, 0.1) is 0 Å². The first kappa shape index (κ1) is 20.0. The standard InChI is InChI=1S/C21H24N6O3S/c28-20(18-14-31-21(25-18)15-12-22-23-13-15)24-17-2-1-16(26-3-7-29-8-4-26)11-19(17)27-5-9-30-10-6-27/h1-2,11-14H,3-10H2,(H,22,23)(H,24,28). The molecular formula is C21H24N6O3S. The molecule has 2 aliphatic rings. The Morgan fingerprint density at radius 3 is 2.52 bits per heavy atom. The summed E-state index contributed by atoms with van der Waals surface area (Å²) in [5.74, 6) is -0.223. The highest BCUT2D eigenvalue weighted by Crippen LogP contribution is 2.33. The first-order valence-corrected chi connectivity index (χ1v) is 11.2. The highest BCUT2D eigenvalue weighted by Gasteiger charge is 2.21. The maximum absolute atomic E-state index is 13.0. The van der Waals surface area contributed by atoms with Crippen LogP contribution < -0.4 is 15.1 Å². The van der Waals surface area contributed by atoms with E-state index in [9.17, 15) is 4.79 Å². The third-order valence-electron chi connectivity index (χ3n) is 5.44. The third kappa shape index (κ3) is 4.41. The average molecular weight is 441 g/mol. The van der Waals surface area contributed by atoms with Crippen LogP contribution in [-0.2, 0) is 9.47 Å². The zero-order valence-electron chi connectivity index (χ0n) is 17.0. The molecule has 2 aromatic heterocycles. The Bertz CT molecular complexity index is 1030. The second kappa shape index (κ2) is 9.04. The first-order chi connectivity index (χ1) is 15.3. The Labute approximate surface area is 184 Å². The minimum absolute atomic E-state index is 0.223. The van der Waals surface area contributed by atoms with Crippen LogP contribution in [0.5, 0.6) is 0 Å². The van der Waals surface area contributed by atoms with E-state index in [1.165, 1.54) is 11.3 Å². The Balaban J connectivity index is 1.40. The summed E-state index contributed by atoms with van der Waals surface area (Å²) in [6.07, 6.45) is 3.46. The van der Waals surface area contributed by atoms with Crippen LogP contribution in [0.3, 0.4) is 0 Å².